The third-order valence-corrected chi connectivity index (χ3v) is 4.57. The number of amides is 2. The van der Waals surface area contributed by atoms with Crippen molar-refractivity contribution < 1.29 is 19.5 Å². The molecular formula is C17H20N2O4. The first-order valence-electron chi connectivity index (χ1n) is 7.89. The third-order valence-electron chi connectivity index (χ3n) is 4.57. The number of urea groups is 1. The number of carbonyl (C=O) groups excluding carboxylic acids is 2. The van der Waals surface area contributed by atoms with Gasteiger partial charge in [0, 0.05) is 30.8 Å². The number of benzene rings is 1. The molecular weight excluding hydrogens is 296 g/mol. The van der Waals surface area contributed by atoms with Crippen LogP contribution in [0, 0.1) is 11.8 Å². The third kappa shape index (κ3) is 3.21. The van der Waals surface area contributed by atoms with E-state index in [0.717, 1.165) is 11.1 Å². The quantitative estimate of drug-likeness (QED) is 0.877. The minimum Gasteiger partial charge on any atom is -0.481 e. The topological polar surface area (TPSA) is 86.7 Å². The summed E-state index contributed by atoms with van der Waals surface area (Å²) in [5.41, 5.74) is 2.34. The Labute approximate surface area is 134 Å². The van der Waals surface area contributed by atoms with E-state index in [2.05, 4.69) is 5.32 Å². The van der Waals surface area contributed by atoms with Gasteiger partial charge in [0.25, 0.3) is 0 Å². The molecule has 0 aromatic heterocycles. The van der Waals surface area contributed by atoms with Gasteiger partial charge in [0.05, 0.1) is 5.92 Å². The van der Waals surface area contributed by atoms with Crippen LogP contribution in [0.4, 0.5) is 10.5 Å². The van der Waals surface area contributed by atoms with Crippen LogP contribution in [0.15, 0.2) is 18.2 Å². The highest BCUT2D eigenvalue weighted by Crippen LogP contribution is 2.26. The number of ketones is 1. The summed E-state index contributed by atoms with van der Waals surface area (Å²) >= 11 is 0. The highest BCUT2D eigenvalue weighted by atomic mass is 16.4. The maximum atomic E-state index is 12.4. The predicted molar refractivity (Wildman–Crippen MR) is 84.6 cm³/mol. The second kappa shape index (κ2) is 6.02. The molecule has 2 amide bonds. The Kier molecular flexibility index (Phi) is 4.07. The second-order valence-corrected chi connectivity index (χ2v) is 6.51. The first-order valence-corrected chi connectivity index (χ1v) is 7.89. The van der Waals surface area contributed by atoms with Gasteiger partial charge in [0.1, 0.15) is 0 Å². The number of carboxylic acid groups (broad SMARTS) is 1. The Morgan fingerprint density at radius 2 is 2.04 bits per heavy atom. The van der Waals surface area contributed by atoms with E-state index >= 15 is 0 Å². The predicted octanol–water partition coefficient (Wildman–Crippen LogP) is 2.39. The lowest BCUT2D eigenvalue weighted by Gasteiger charge is -2.34. The first-order chi connectivity index (χ1) is 10.9. The van der Waals surface area contributed by atoms with E-state index in [9.17, 15) is 19.5 Å². The number of aryl methyl sites for hydroxylation is 1. The fourth-order valence-electron chi connectivity index (χ4n) is 3.43. The Morgan fingerprint density at radius 1 is 1.26 bits per heavy atom. The van der Waals surface area contributed by atoms with Gasteiger partial charge in [-0.1, -0.05) is 6.92 Å². The molecule has 1 aliphatic heterocycles. The second-order valence-electron chi connectivity index (χ2n) is 6.51. The Morgan fingerprint density at radius 3 is 2.78 bits per heavy atom. The molecule has 23 heavy (non-hydrogen) atoms. The number of anilines is 1. The van der Waals surface area contributed by atoms with Gasteiger partial charge in [-0.3, -0.25) is 9.59 Å². The lowest BCUT2D eigenvalue weighted by atomic mass is 9.91. The summed E-state index contributed by atoms with van der Waals surface area (Å²) in [5.74, 6) is -1.06. The van der Waals surface area contributed by atoms with Gasteiger partial charge in [0.2, 0.25) is 0 Å². The summed E-state index contributed by atoms with van der Waals surface area (Å²) in [5, 5.41) is 12.0. The molecule has 1 aromatic rings. The molecule has 6 heteroatoms. The van der Waals surface area contributed by atoms with Crippen LogP contribution in [0.25, 0.3) is 0 Å². The van der Waals surface area contributed by atoms with E-state index in [0.29, 0.717) is 31.5 Å². The Balaban J connectivity index is 1.69. The highest BCUT2D eigenvalue weighted by Gasteiger charge is 2.32. The SMILES string of the molecule is CC1CC(C(=O)O)CN(C(=O)Nc2ccc3c(c2)CCC3=O)C1. The summed E-state index contributed by atoms with van der Waals surface area (Å²) in [4.78, 5) is 36.8. The zero-order valence-electron chi connectivity index (χ0n) is 13.0. The lowest BCUT2D eigenvalue weighted by Crippen LogP contribution is -2.47. The van der Waals surface area contributed by atoms with E-state index < -0.39 is 11.9 Å². The van der Waals surface area contributed by atoms with Crippen LogP contribution in [-0.2, 0) is 11.2 Å². The van der Waals surface area contributed by atoms with Crippen LogP contribution >= 0.6 is 0 Å². The van der Waals surface area contributed by atoms with Crippen molar-refractivity contribution in [3.63, 3.8) is 0 Å². The van der Waals surface area contributed by atoms with Crippen molar-refractivity contribution >= 4 is 23.5 Å². The number of hydrogen-bond donors (Lipinski definition) is 2. The molecule has 0 bridgehead atoms. The molecule has 0 spiro atoms. The number of nitrogens with zero attached hydrogens (tertiary/aromatic N) is 1. The normalized spacial score (nSPS) is 23.5. The maximum Gasteiger partial charge on any atom is 0.321 e. The minimum atomic E-state index is -0.856. The Hall–Kier alpha value is -2.37. The molecule has 2 N–H and O–H groups in total. The largest absolute Gasteiger partial charge is 0.481 e. The monoisotopic (exact) mass is 316 g/mol. The smallest absolute Gasteiger partial charge is 0.321 e. The van der Waals surface area contributed by atoms with Crippen LogP contribution in [0.5, 0.6) is 0 Å². The molecule has 3 rings (SSSR count). The van der Waals surface area contributed by atoms with Crippen molar-refractivity contribution in [2.75, 3.05) is 18.4 Å². The first kappa shape index (κ1) is 15.5. The summed E-state index contributed by atoms with van der Waals surface area (Å²) < 4.78 is 0. The summed E-state index contributed by atoms with van der Waals surface area (Å²) in [6, 6.07) is 5.02. The molecule has 1 fully saturated rings. The van der Waals surface area contributed by atoms with E-state index in [-0.39, 0.29) is 24.3 Å². The number of Topliss-reactive ketones (excluding diaryl/α,β-unsaturated/α-hetero) is 1. The highest BCUT2D eigenvalue weighted by molar-refractivity contribution is 6.01. The molecule has 0 radical (unpaired) electrons. The molecule has 6 nitrogen and oxygen atoms in total. The number of nitrogens with one attached hydrogen (secondary N) is 1. The summed E-state index contributed by atoms with van der Waals surface area (Å²) in [7, 11) is 0. The fraction of sp³-hybridized carbons (Fsp3) is 0.471. The maximum absolute atomic E-state index is 12.4. The minimum absolute atomic E-state index is 0.145. The van der Waals surface area contributed by atoms with E-state index in [1.54, 1.807) is 17.0 Å². The zero-order chi connectivity index (χ0) is 16.6. The van der Waals surface area contributed by atoms with Gasteiger partial charge in [0.15, 0.2) is 5.78 Å². The number of aliphatic carboxylic acids is 1. The van der Waals surface area contributed by atoms with Gasteiger partial charge in [-0.2, -0.15) is 0 Å². The summed E-state index contributed by atoms with van der Waals surface area (Å²) in [6.07, 6.45) is 1.83. The van der Waals surface area contributed by atoms with Crippen LogP contribution in [-0.4, -0.2) is 40.9 Å². The summed E-state index contributed by atoms with van der Waals surface area (Å²) in [6.45, 7) is 2.74. The van der Waals surface area contributed by atoms with Gasteiger partial charge in [-0.15, -0.1) is 0 Å². The molecule has 2 aliphatic rings. The number of likely N-dealkylation sites (tertiary alicyclic amines) is 1. The molecule has 1 heterocycles. The van der Waals surface area contributed by atoms with Crippen molar-refractivity contribution in [3.05, 3.63) is 29.3 Å². The average Bonchev–Trinajstić information content (AvgIpc) is 2.87. The molecule has 1 saturated heterocycles. The van der Waals surface area contributed by atoms with Crippen LogP contribution in [0.1, 0.15) is 35.7 Å². The van der Waals surface area contributed by atoms with Gasteiger partial charge >= 0.3 is 12.0 Å². The molecule has 1 aliphatic carbocycles. The Bertz CT molecular complexity index is 671. The number of hydrogen-bond acceptors (Lipinski definition) is 3. The van der Waals surface area contributed by atoms with Crippen LogP contribution in [0.3, 0.4) is 0 Å². The van der Waals surface area contributed by atoms with Crippen molar-refractivity contribution in [2.45, 2.75) is 26.2 Å². The fourth-order valence-corrected chi connectivity index (χ4v) is 3.43. The molecule has 2 unspecified atom stereocenters. The average molecular weight is 316 g/mol. The number of rotatable bonds is 2. The van der Waals surface area contributed by atoms with Crippen LogP contribution in [0.2, 0.25) is 0 Å². The molecule has 122 valence electrons. The number of carboxylic acids is 1. The van der Waals surface area contributed by atoms with E-state index in [1.165, 1.54) is 0 Å². The van der Waals surface area contributed by atoms with Gasteiger partial charge in [-0.05, 0) is 42.5 Å². The van der Waals surface area contributed by atoms with Gasteiger partial charge in [-0.25, -0.2) is 4.79 Å². The van der Waals surface area contributed by atoms with E-state index in [4.69, 9.17) is 0 Å². The standard InChI is InChI=1S/C17H20N2O4/c1-10-6-12(16(21)22)9-19(8-10)17(23)18-13-3-4-14-11(7-13)2-5-15(14)20/h3-4,7,10,12H,2,5-6,8-9H2,1H3,(H,18,23)(H,21,22). The molecule has 1 aromatic carbocycles. The van der Waals surface area contributed by atoms with Gasteiger partial charge < -0.3 is 15.3 Å². The zero-order valence-corrected chi connectivity index (χ0v) is 13.0. The number of fused-ring (bicyclic) bond motifs is 1. The van der Waals surface area contributed by atoms with Crippen LogP contribution < -0.4 is 5.32 Å². The van der Waals surface area contributed by atoms with Crippen molar-refractivity contribution in [1.82, 2.24) is 4.90 Å². The number of piperidine rings is 1. The number of carbonyl (C=O) groups is 3. The molecule has 0 saturated carbocycles. The molecule has 2 atom stereocenters. The van der Waals surface area contributed by atoms with Crippen molar-refractivity contribution in [2.24, 2.45) is 11.8 Å². The lowest BCUT2D eigenvalue weighted by molar-refractivity contribution is -0.143. The van der Waals surface area contributed by atoms with E-state index in [1.807, 2.05) is 13.0 Å². The van der Waals surface area contributed by atoms with Crippen molar-refractivity contribution in [1.29, 1.82) is 0 Å². The van der Waals surface area contributed by atoms with Crippen molar-refractivity contribution in [3.8, 4) is 0 Å².